The van der Waals surface area contributed by atoms with E-state index in [9.17, 15) is 38.1 Å². The molecule has 1 amide bonds. The van der Waals surface area contributed by atoms with Crippen LogP contribution in [0.1, 0.15) is 57.4 Å². The number of alkyl halides is 3. The molecule has 1 aromatic rings. The highest BCUT2D eigenvalue weighted by molar-refractivity contribution is 5.84. The van der Waals surface area contributed by atoms with Gasteiger partial charge in [0.15, 0.2) is 0 Å². The van der Waals surface area contributed by atoms with E-state index < -0.39 is 53.4 Å². The van der Waals surface area contributed by atoms with Gasteiger partial charge < -0.3 is 30.1 Å². The minimum absolute atomic E-state index is 0.0313. The number of aliphatic hydroxyl groups excluding tert-OH is 3. The number of amides is 1. The summed E-state index contributed by atoms with van der Waals surface area (Å²) in [6.45, 7) is 1.33. The third-order valence-electron chi connectivity index (χ3n) is 7.12. The Morgan fingerprint density at radius 1 is 1.11 bits per heavy atom. The van der Waals surface area contributed by atoms with E-state index >= 15 is 0 Å². The van der Waals surface area contributed by atoms with E-state index in [0.717, 1.165) is 12.1 Å². The maximum atomic E-state index is 12.9. The predicted molar refractivity (Wildman–Crippen MR) is 152 cm³/mol. The Bertz CT molecular complexity index is 1100. The molecule has 15 heteroatoms. The van der Waals surface area contributed by atoms with Gasteiger partial charge in [0.25, 0.3) is 0 Å². The van der Waals surface area contributed by atoms with Gasteiger partial charge in [-0.2, -0.15) is 13.2 Å². The molecule has 1 fully saturated rings. The normalized spacial score (nSPS) is 21.8. The minimum Gasteiger partial charge on any atom is -0.491 e. The highest BCUT2D eigenvalue weighted by Crippen LogP contribution is 2.36. The van der Waals surface area contributed by atoms with Crippen LogP contribution in [0.2, 0.25) is 0 Å². The molecule has 1 aliphatic carbocycles. The lowest BCUT2D eigenvalue weighted by molar-refractivity contribution is -0.492. The molecule has 2 rings (SSSR count). The van der Waals surface area contributed by atoms with E-state index in [1.165, 1.54) is 25.1 Å². The van der Waals surface area contributed by atoms with Crippen molar-refractivity contribution in [1.82, 2.24) is 10.7 Å². The fraction of sp³-hybridized carbons (Fsp3) is 0.600. The molecular weight excluding hydrogens is 605 g/mol. The van der Waals surface area contributed by atoms with Gasteiger partial charge in [-0.3, -0.25) is 20.0 Å². The molecule has 0 saturated heterocycles. The molecular formula is C30H43F3N2O10. The molecule has 254 valence electrons. The summed E-state index contributed by atoms with van der Waals surface area (Å²) in [5, 5.41) is 50.1. The Balaban J connectivity index is 1.69. The number of unbranched alkanes of at least 4 members (excludes halogenated alkanes) is 2. The SMILES string of the molecule is CC(NC(=O)CCC/C=C\C[C@@H]1[C@@H](/C=C/[C@@H](O)COc2cccc(C(F)(F)F)c2)[C@H](O)C[C@@H]1O)C(=O)OCCCCON(O)O. The van der Waals surface area contributed by atoms with Crippen molar-refractivity contribution >= 4 is 11.9 Å². The first kappa shape index (κ1) is 38.1. The van der Waals surface area contributed by atoms with E-state index in [2.05, 4.69) is 10.2 Å². The van der Waals surface area contributed by atoms with Crippen LogP contribution >= 0.6 is 0 Å². The lowest BCUT2D eigenvalue weighted by Gasteiger charge is -2.19. The van der Waals surface area contributed by atoms with Crippen LogP contribution in [0.4, 0.5) is 13.2 Å². The monoisotopic (exact) mass is 648 g/mol. The molecule has 0 bridgehead atoms. The van der Waals surface area contributed by atoms with Gasteiger partial charge in [-0.1, -0.05) is 30.4 Å². The van der Waals surface area contributed by atoms with Crippen molar-refractivity contribution in [2.24, 2.45) is 11.8 Å². The molecule has 6 N–H and O–H groups in total. The van der Waals surface area contributed by atoms with Crippen LogP contribution in [0.5, 0.6) is 5.75 Å². The lowest BCUT2D eigenvalue weighted by Crippen LogP contribution is -2.39. The first-order valence-corrected chi connectivity index (χ1v) is 14.7. The van der Waals surface area contributed by atoms with Gasteiger partial charge in [-0.05, 0) is 63.1 Å². The molecule has 0 radical (unpaired) electrons. The summed E-state index contributed by atoms with van der Waals surface area (Å²) in [4.78, 5) is 28.5. The van der Waals surface area contributed by atoms with Gasteiger partial charge in [0.2, 0.25) is 5.91 Å². The molecule has 12 nitrogen and oxygen atoms in total. The number of nitrogens with zero attached hydrogens (tertiary/aromatic N) is 1. The summed E-state index contributed by atoms with van der Waals surface area (Å²) in [6.07, 6.45) is 2.10. The quantitative estimate of drug-likeness (QED) is 0.0561. The average Bonchev–Trinajstić information content (AvgIpc) is 3.24. The number of aliphatic hydroxyl groups is 3. The van der Waals surface area contributed by atoms with E-state index in [0.29, 0.717) is 32.1 Å². The summed E-state index contributed by atoms with van der Waals surface area (Å²) in [7, 11) is 0. The second-order valence-electron chi connectivity index (χ2n) is 10.7. The first-order valence-electron chi connectivity index (χ1n) is 14.7. The zero-order valence-electron chi connectivity index (χ0n) is 25.0. The van der Waals surface area contributed by atoms with Crippen molar-refractivity contribution in [2.45, 2.75) is 82.4 Å². The lowest BCUT2D eigenvalue weighted by atomic mass is 9.89. The smallest absolute Gasteiger partial charge is 0.416 e. The Morgan fingerprint density at radius 2 is 1.84 bits per heavy atom. The molecule has 1 aromatic carbocycles. The summed E-state index contributed by atoms with van der Waals surface area (Å²) < 4.78 is 49.0. The molecule has 1 aliphatic rings. The largest absolute Gasteiger partial charge is 0.491 e. The van der Waals surface area contributed by atoms with Crippen molar-refractivity contribution in [2.75, 3.05) is 19.8 Å². The number of halogens is 3. The second-order valence-corrected chi connectivity index (χ2v) is 10.7. The summed E-state index contributed by atoms with van der Waals surface area (Å²) in [5.41, 5.74) is -0.864. The highest BCUT2D eigenvalue weighted by Gasteiger charge is 2.39. The number of allylic oxidation sites excluding steroid dienone is 2. The number of ether oxygens (including phenoxy) is 2. The van der Waals surface area contributed by atoms with E-state index in [1.807, 2.05) is 12.2 Å². The molecule has 0 aliphatic heterocycles. The van der Waals surface area contributed by atoms with Gasteiger partial charge in [-0.25, -0.2) is 4.79 Å². The van der Waals surface area contributed by atoms with Crippen LogP contribution in [-0.4, -0.2) is 87.2 Å². The van der Waals surface area contributed by atoms with Gasteiger partial charge in [0, 0.05) is 18.8 Å². The maximum Gasteiger partial charge on any atom is 0.416 e. The number of hydrogen-bond donors (Lipinski definition) is 6. The maximum absolute atomic E-state index is 12.9. The van der Waals surface area contributed by atoms with Crippen molar-refractivity contribution in [3.05, 3.63) is 54.1 Å². The zero-order chi connectivity index (χ0) is 33.4. The van der Waals surface area contributed by atoms with Crippen LogP contribution in [-0.2, 0) is 25.3 Å². The van der Waals surface area contributed by atoms with Crippen LogP contribution < -0.4 is 10.1 Å². The molecule has 6 atom stereocenters. The van der Waals surface area contributed by atoms with Gasteiger partial charge in [0.05, 0.1) is 36.4 Å². The highest BCUT2D eigenvalue weighted by atomic mass is 19.4. The molecule has 0 spiro atoms. The van der Waals surface area contributed by atoms with Crippen LogP contribution in [0, 0.1) is 11.8 Å². The topological polar surface area (TPSA) is 178 Å². The third kappa shape index (κ3) is 14.7. The second kappa shape index (κ2) is 19.5. The summed E-state index contributed by atoms with van der Waals surface area (Å²) in [6, 6.07) is 3.49. The molecule has 45 heavy (non-hydrogen) atoms. The summed E-state index contributed by atoms with van der Waals surface area (Å²) >= 11 is 0. The number of hydrogen-bond acceptors (Lipinski definition) is 11. The Morgan fingerprint density at radius 3 is 2.56 bits per heavy atom. The summed E-state index contributed by atoms with van der Waals surface area (Å²) in [5.74, 6) is -1.73. The standard InChI is InChI=1S/C30H43F3N2O10/c1-20(29(40)43-15-6-7-16-45-35(41)42)34-28(39)12-5-3-2-4-11-24-25(27(38)18-26(24)37)14-13-22(36)19-44-23-10-8-9-21(17-23)30(31,32)33/h2,4,8-10,13-14,17,20,22,24-27,36-38,41-42H,3,5-7,11-12,15-16,18-19H2,1H3,(H,34,39)/b4-2-,14-13+/t20?,22-,24-,25-,26+,27-/m1/s1. The van der Waals surface area contributed by atoms with Gasteiger partial charge in [-0.15, -0.1) is 0 Å². The number of esters is 1. The third-order valence-corrected chi connectivity index (χ3v) is 7.12. The van der Waals surface area contributed by atoms with E-state index in [1.54, 1.807) is 6.08 Å². The van der Waals surface area contributed by atoms with E-state index in [-0.39, 0.29) is 50.2 Å². The Hall–Kier alpha value is -3.05. The fourth-order valence-electron chi connectivity index (χ4n) is 4.73. The van der Waals surface area contributed by atoms with Crippen LogP contribution in [0.15, 0.2) is 48.6 Å². The number of carbonyl (C=O) groups excluding carboxylic acids is 2. The number of carbonyl (C=O) groups is 2. The fourth-order valence-corrected chi connectivity index (χ4v) is 4.73. The van der Waals surface area contributed by atoms with E-state index in [4.69, 9.17) is 19.9 Å². The van der Waals surface area contributed by atoms with Gasteiger partial charge >= 0.3 is 12.1 Å². The average molecular weight is 649 g/mol. The Kier molecular flexibility index (Phi) is 16.5. The molecule has 1 unspecified atom stereocenters. The van der Waals surface area contributed by atoms with Crippen LogP contribution in [0.3, 0.4) is 0 Å². The van der Waals surface area contributed by atoms with Crippen molar-refractivity contribution < 1.29 is 62.8 Å². The number of nitrogens with one attached hydrogen (secondary N) is 1. The molecule has 0 heterocycles. The first-order chi connectivity index (χ1) is 21.3. The Labute approximate surface area is 259 Å². The number of benzene rings is 1. The molecule has 1 saturated carbocycles. The minimum atomic E-state index is -4.52. The molecule has 0 aromatic heterocycles. The number of rotatable bonds is 19. The predicted octanol–water partition coefficient (Wildman–Crippen LogP) is 3.32. The van der Waals surface area contributed by atoms with Crippen LogP contribution in [0.25, 0.3) is 0 Å². The van der Waals surface area contributed by atoms with Crippen molar-refractivity contribution in [1.29, 1.82) is 0 Å². The van der Waals surface area contributed by atoms with Crippen molar-refractivity contribution in [3.63, 3.8) is 0 Å². The zero-order valence-corrected chi connectivity index (χ0v) is 25.0. The van der Waals surface area contributed by atoms with Crippen molar-refractivity contribution in [3.8, 4) is 5.75 Å². The van der Waals surface area contributed by atoms with Gasteiger partial charge in [0.1, 0.15) is 24.5 Å².